The van der Waals surface area contributed by atoms with Crippen molar-refractivity contribution in [2.75, 3.05) is 13.7 Å². The van der Waals surface area contributed by atoms with Crippen LogP contribution in [0.15, 0.2) is 76.6 Å². The van der Waals surface area contributed by atoms with Gasteiger partial charge in [-0.15, -0.1) is 0 Å². The summed E-state index contributed by atoms with van der Waals surface area (Å²) in [4.78, 5) is 19.6. The zero-order chi connectivity index (χ0) is 24.8. The summed E-state index contributed by atoms with van der Waals surface area (Å²) in [7, 11) is 1.73. The molecule has 4 rings (SSSR count). The third-order valence-electron chi connectivity index (χ3n) is 5.35. The van der Waals surface area contributed by atoms with Crippen molar-refractivity contribution in [1.82, 2.24) is 4.90 Å². The lowest BCUT2D eigenvalue weighted by Crippen LogP contribution is -2.23. The van der Waals surface area contributed by atoms with E-state index in [1.165, 1.54) is 11.8 Å². The number of likely N-dealkylation sites (N-methyl/N-ethyl adjacent to an activating group) is 1. The zero-order valence-corrected chi connectivity index (χ0v) is 20.6. The Morgan fingerprint density at radius 2 is 1.83 bits per heavy atom. The van der Waals surface area contributed by atoms with E-state index in [9.17, 15) is 10.1 Å². The van der Waals surface area contributed by atoms with E-state index in [1.807, 2.05) is 80.6 Å². The lowest BCUT2D eigenvalue weighted by molar-refractivity contribution is -0.121. The van der Waals surface area contributed by atoms with Crippen LogP contribution < -0.4 is 9.47 Å². The highest BCUT2D eigenvalue weighted by molar-refractivity contribution is 8.18. The molecule has 0 spiro atoms. The number of amides is 1. The summed E-state index contributed by atoms with van der Waals surface area (Å²) < 4.78 is 11.8. The largest absolute Gasteiger partial charge is 0.490 e. The maximum atomic E-state index is 12.8. The minimum absolute atomic E-state index is 0.104. The van der Waals surface area contributed by atoms with Gasteiger partial charge in [-0.2, -0.15) is 5.26 Å². The van der Waals surface area contributed by atoms with Crippen molar-refractivity contribution in [3.63, 3.8) is 0 Å². The average Bonchev–Trinajstić information content (AvgIpc) is 3.13. The first-order valence-corrected chi connectivity index (χ1v) is 12.0. The van der Waals surface area contributed by atoms with Gasteiger partial charge in [-0.25, -0.2) is 4.99 Å². The maximum absolute atomic E-state index is 12.8. The van der Waals surface area contributed by atoms with Crippen molar-refractivity contribution in [1.29, 1.82) is 5.26 Å². The number of hydrogen-bond acceptors (Lipinski definition) is 6. The highest BCUT2D eigenvalue weighted by atomic mass is 32.2. The Kier molecular flexibility index (Phi) is 7.54. The number of carbonyl (C=O) groups is 1. The van der Waals surface area contributed by atoms with Crippen molar-refractivity contribution in [3.8, 4) is 17.6 Å². The number of nitriles is 1. The Labute approximate surface area is 209 Å². The summed E-state index contributed by atoms with van der Waals surface area (Å²) in [5.41, 5.74) is 4.16. The molecule has 6 nitrogen and oxygen atoms in total. The molecule has 1 amide bonds. The van der Waals surface area contributed by atoms with Gasteiger partial charge in [0.2, 0.25) is 0 Å². The van der Waals surface area contributed by atoms with Gasteiger partial charge >= 0.3 is 0 Å². The van der Waals surface area contributed by atoms with Gasteiger partial charge in [0.1, 0.15) is 6.61 Å². The molecule has 0 radical (unpaired) electrons. The summed E-state index contributed by atoms with van der Waals surface area (Å²) in [6.45, 7) is 4.64. The van der Waals surface area contributed by atoms with Gasteiger partial charge in [0.25, 0.3) is 5.91 Å². The summed E-state index contributed by atoms with van der Waals surface area (Å²) in [6, 6.07) is 22.9. The van der Waals surface area contributed by atoms with Gasteiger partial charge in [-0.1, -0.05) is 42.0 Å². The predicted molar refractivity (Wildman–Crippen MR) is 140 cm³/mol. The molecule has 35 heavy (non-hydrogen) atoms. The van der Waals surface area contributed by atoms with Gasteiger partial charge in [0, 0.05) is 12.6 Å². The monoisotopic (exact) mass is 483 g/mol. The van der Waals surface area contributed by atoms with Crippen molar-refractivity contribution >= 4 is 34.6 Å². The number of hydrogen-bond donors (Lipinski definition) is 0. The second-order valence-corrected chi connectivity index (χ2v) is 8.91. The number of amidine groups is 1. The lowest BCUT2D eigenvalue weighted by Gasteiger charge is -2.13. The van der Waals surface area contributed by atoms with E-state index < -0.39 is 0 Å². The number of thioether (sulfide) groups is 1. The third kappa shape index (κ3) is 5.73. The molecule has 0 unspecified atom stereocenters. The molecular formula is C28H25N3O3S. The minimum Gasteiger partial charge on any atom is -0.490 e. The summed E-state index contributed by atoms with van der Waals surface area (Å²) in [5, 5.41) is 9.93. The van der Waals surface area contributed by atoms with Crippen LogP contribution in [0.4, 0.5) is 5.69 Å². The first-order valence-electron chi connectivity index (χ1n) is 11.2. The quantitative estimate of drug-likeness (QED) is 0.381. The molecule has 1 aliphatic rings. The molecule has 3 aromatic rings. The van der Waals surface area contributed by atoms with E-state index in [0.29, 0.717) is 33.7 Å². The van der Waals surface area contributed by atoms with Crippen LogP contribution in [0.3, 0.4) is 0 Å². The predicted octanol–water partition coefficient (Wildman–Crippen LogP) is 6.08. The summed E-state index contributed by atoms with van der Waals surface area (Å²) in [6.07, 6.45) is 1.83. The van der Waals surface area contributed by atoms with Crippen molar-refractivity contribution in [2.45, 2.75) is 20.5 Å². The van der Waals surface area contributed by atoms with Crippen LogP contribution in [0, 0.1) is 18.3 Å². The third-order valence-corrected chi connectivity index (χ3v) is 6.41. The van der Waals surface area contributed by atoms with Gasteiger partial charge in [-0.3, -0.25) is 9.69 Å². The Bertz CT molecular complexity index is 1340. The number of rotatable bonds is 7. The van der Waals surface area contributed by atoms with Crippen LogP contribution in [0.2, 0.25) is 0 Å². The number of aryl methyl sites for hydroxylation is 1. The maximum Gasteiger partial charge on any atom is 0.266 e. The second kappa shape index (κ2) is 10.9. The van der Waals surface area contributed by atoms with Gasteiger partial charge in [0.05, 0.1) is 28.8 Å². The summed E-state index contributed by atoms with van der Waals surface area (Å²) in [5.74, 6) is 1.05. The van der Waals surface area contributed by atoms with E-state index >= 15 is 0 Å². The standard InChI is InChI=1S/C28H25N3O3S/c1-4-33-25-15-20(11-14-24(25)34-18-22-8-6-5-7-21(22)17-29)16-26-27(32)31(3)28(35-26)30-23-12-9-19(2)10-13-23/h5-16H,4,18H2,1-3H3/b26-16-,30-28?. The Morgan fingerprint density at radius 1 is 1.06 bits per heavy atom. The number of benzene rings is 3. The van der Waals surface area contributed by atoms with Crippen LogP contribution >= 0.6 is 11.8 Å². The van der Waals surface area contributed by atoms with E-state index in [1.54, 1.807) is 18.0 Å². The van der Waals surface area contributed by atoms with Crippen LogP contribution in [0.25, 0.3) is 6.08 Å². The molecular weight excluding hydrogens is 458 g/mol. The fourth-order valence-corrected chi connectivity index (χ4v) is 4.43. The first kappa shape index (κ1) is 24.1. The molecule has 0 aromatic heterocycles. The molecule has 0 atom stereocenters. The fraction of sp³-hybridized carbons (Fsp3) is 0.179. The van der Waals surface area contributed by atoms with Gasteiger partial charge in [-0.05, 0) is 67.6 Å². The van der Waals surface area contributed by atoms with Crippen molar-refractivity contribution in [3.05, 3.63) is 93.9 Å². The molecule has 7 heteroatoms. The van der Waals surface area contributed by atoms with Gasteiger partial charge < -0.3 is 9.47 Å². The number of carbonyl (C=O) groups excluding carboxylic acids is 1. The first-order chi connectivity index (χ1) is 17.0. The number of aliphatic imine (C=N–C) groups is 1. The molecule has 176 valence electrons. The smallest absolute Gasteiger partial charge is 0.266 e. The molecule has 1 saturated heterocycles. The Morgan fingerprint density at radius 3 is 2.57 bits per heavy atom. The molecule has 3 aromatic carbocycles. The minimum atomic E-state index is -0.104. The lowest BCUT2D eigenvalue weighted by atomic mass is 10.1. The van der Waals surface area contributed by atoms with E-state index in [2.05, 4.69) is 11.1 Å². The topological polar surface area (TPSA) is 74.9 Å². The highest BCUT2D eigenvalue weighted by Gasteiger charge is 2.30. The van der Waals surface area contributed by atoms with Crippen LogP contribution in [-0.4, -0.2) is 29.6 Å². The van der Waals surface area contributed by atoms with Crippen LogP contribution in [0.5, 0.6) is 11.5 Å². The molecule has 0 bridgehead atoms. The molecule has 0 N–H and O–H groups in total. The molecule has 0 saturated carbocycles. The van der Waals surface area contributed by atoms with E-state index in [4.69, 9.17) is 9.47 Å². The molecule has 1 fully saturated rings. The fourth-order valence-electron chi connectivity index (χ4n) is 3.45. The van der Waals surface area contributed by atoms with Crippen molar-refractivity contribution < 1.29 is 14.3 Å². The molecule has 1 aliphatic heterocycles. The van der Waals surface area contributed by atoms with Crippen molar-refractivity contribution in [2.24, 2.45) is 4.99 Å². The molecule has 0 aliphatic carbocycles. The van der Waals surface area contributed by atoms with E-state index in [0.717, 1.165) is 22.4 Å². The highest BCUT2D eigenvalue weighted by Crippen LogP contribution is 2.35. The van der Waals surface area contributed by atoms with Crippen LogP contribution in [-0.2, 0) is 11.4 Å². The Hall–Kier alpha value is -4.02. The SMILES string of the molecule is CCOc1cc(/C=C2\SC(=Nc3ccc(C)cc3)N(C)C2=O)ccc1OCc1ccccc1C#N. The average molecular weight is 484 g/mol. The van der Waals surface area contributed by atoms with Gasteiger partial charge in [0.15, 0.2) is 16.7 Å². The molecule has 1 heterocycles. The normalized spacial score (nSPS) is 15.5. The zero-order valence-electron chi connectivity index (χ0n) is 19.8. The van der Waals surface area contributed by atoms with Crippen LogP contribution in [0.1, 0.15) is 29.2 Å². The summed E-state index contributed by atoms with van der Waals surface area (Å²) >= 11 is 1.34. The Balaban J connectivity index is 1.55. The number of ether oxygens (including phenoxy) is 2. The van der Waals surface area contributed by atoms with E-state index in [-0.39, 0.29) is 12.5 Å². The number of nitrogens with zero attached hydrogens (tertiary/aromatic N) is 3. The second-order valence-electron chi connectivity index (χ2n) is 7.90.